The number of ether oxygens (including phenoxy) is 3. The molecule has 21 nitrogen and oxygen atoms in total. The highest BCUT2D eigenvalue weighted by Gasteiger charge is 2.29. The molecule has 2 rings (SSSR count). The van der Waals surface area contributed by atoms with Crippen molar-refractivity contribution in [2.24, 2.45) is 11.5 Å². The number of methoxy groups -OCH3 is 1. The van der Waals surface area contributed by atoms with E-state index in [2.05, 4.69) is 26.6 Å². The SMILES string of the molecule is COCCOCC(=O)N[C@@H](CCCCN)C(=O)N[C@@H](C)C(=O)N[C@@H](C)C(=O)N[C@@H](CC(N)=O)C(=O)Nc1ccc(Cc2cc([N+](=O)[O-])ccc2OC(=O)O)cc1. The second kappa shape index (κ2) is 23.6. The molecular weight excluding hydrogens is 740 g/mol. The van der Waals surface area contributed by atoms with Gasteiger partial charge in [0, 0.05) is 36.9 Å². The molecule has 306 valence electrons. The minimum Gasteiger partial charge on any atom is -0.449 e. The number of nitrogens with one attached hydrogen (secondary N) is 5. The Hall–Kier alpha value is -6.19. The molecule has 56 heavy (non-hydrogen) atoms. The Bertz CT molecular complexity index is 1710. The number of carbonyl (C=O) groups is 7. The highest BCUT2D eigenvalue weighted by atomic mass is 16.7. The smallest absolute Gasteiger partial charge is 0.449 e. The number of carboxylic acid groups (broad SMARTS) is 1. The zero-order chi connectivity index (χ0) is 41.8. The quantitative estimate of drug-likeness (QED) is 0.0225. The molecule has 0 spiro atoms. The molecule has 0 aliphatic heterocycles. The summed E-state index contributed by atoms with van der Waals surface area (Å²) in [6.45, 7) is 3.19. The molecule has 0 saturated carbocycles. The van der Waals surface area contributed by atoms with Gasteiger partial charge >= 0.3 is 6.16 Å². The van der Waals surface area contributed by atoms with Gasteiger partial charge in [-0.1, -0.05) is 12.1 Å². The van der Waals surface area contributed by atoms with E-state index in [4.69, 9.17) is 30.8 Å². The lowest BCUT2D eigenvalue weighted by Gasteiger charge is -2.23. The lowest BCUT2D eigenvalue weighted by atomic mass is 10.0. The molecule has 0 fully saturated rings. The predicted octanol–water partition coefficient (Wildman–Crippen LogP) is -0.173. The highest BCUT2D eigenvalue weighted by Crippen LogP contribution is 2.27. The number of nitrogens with two attached hydrogens (primary N) is 2. The maximum absolute atomic E-state index is 13.1. The average molecular weight is 789 g/mol. The van der Waals surface area contributed by atoms with Crippen molar-refractivity contribution in [2.45, 2.75) is 70.1 Å². The number of nitro benzene ring substituents is 1. The molecule has 0 aromatic heterocycles. The summed E-state index contributed by atoms with van der Waals surface area (Å²) < 4.78 is 14.8. The zero-order valence-corrected chi connectivity index (χ0v) is 31.2. The summed E-state index contributed by atoms with van der Waals surface area (Å²) in [6, 6.07) is 4.61. The second-order valence-electron chi connectivity index (χ2n) is 12.4. The van der Waals surface area contributed by atoms with Crippen LogP contribution in [0.1, 0.15) is 50.7 Å². The van der Waals surface area contributed by atoms with Gasteiger partial charge in [-0.15, -0.1) is 0 Å². The molecular formula is C35H48N8O13. The Labute approximate surface area is 321 Å². The summed E-state index contributed by atoms with van der Waals surface area (Å²) in [7, 11) is 1.48. The van der Waals surface area contributed by atoms with E-state index in [-0.39, 0.29) is 55.4 Å². The molecule has 0 aliphatic rings. The molecule has 0 unspecified atom stereocenters. The molecule has 2 aromatic carbocycles. The summed E-state index contributed by atoms with van der Waals surface area (Å²) in [5.74, 6) is -4.67. The van der Waals surface area contributed by atoms with Crippen molar-refractivity contribution in [1.29, 1.82) is 0 Å². The number of non-ortho nitro benzene ring substituents is 1. The predicted molar refractivity (Wildman–Crippen MR) is 198 cm³/mol. The minimum absolute atomic E-state index is 0.0296. The summed E-state index contributed by atoms with van der Waals surface area (Å²) in [5, 5.41) is 32.7. The fourth-order valence-electron chi connectivity index (χ4n) is 4.96. The number of nitrogens with zero attached hydrogens (tertiary/aromatic N) is 1. The monoisotopic (exact) mass is 788 g/mol. The highest BCUT2D eigenvalue weighted by molar-refractivity contribution is 6.01. The van der Waals surface area contributed by atoms with Crippen LogP contribution in [0.2, 0.25) is 0 Å². The van der Waals surface area contributed by atoms with E-state index < -0.39 is 77.1 Å². The van der Waals surface area contributed by atoms with E-state index >= 15 is 0 Å². The molecule has 6 amide bonds. The third-order valence-corrected chi connectivity index (χ3v) is 7.87. The van der Waals surface area contributed by atoms with Crippen molar-refractivity contribution in [3.05, 3.63) is 63.7 Å². The number of hydrogen-bond acceptors (Lipinski definition) is 13. The molecule has 4 atom stereocenters. The van der Waals surface area contributed by atoms with E-state index in [0.717, 1.165) is 6.07 Å². The van der Waals surface area contributed by atoms with E-state index in [9.17, 15) is 43.7 Å². The fraction of sp³-hybridized carbons (Fsp3) is 0.457. The van der Waals surface area contributed by atoms with E-state index in [1.165, 1.54) is 45.2 Å². The first-order valence-electron chi connectivity index (χ1n) is 17.4. The Morgan fingerprint density at radius 2 is 1.48 bits per heavy atom. The maximum atomic E-state index is 13.1. The lowest BCUT2D eigenvalue weighted by Crippen LogP contribution is -2.57. The summed E-state index contributed by atoms with van der Waals surface area (Å²) in [5.41, 5.74) is 11.6. The van der Waals surface area contributed by atoms with Gasteiger partial charge < -0.3 is 57.4 Å². The van der Waals surface area contributed by atoms with Gasteiger partial charge in [0.15, 0.2) is 0 Å². The Balaban J connectivity index is 2.03. The van der Waals surface area contributed by atoms with Crippen LogP contribution in [0, 0.1) is 10.1 Å². The number of carbonyl (C=O) groups excluding carboxylic acids is 6. The van der Waals surface area contributed by atoms with Crippen molar-refractivity contribution in [3.8, 4) is 5.75 Å². The molecule has 0 radical (unpaired) electrons. The third kappa shape index (κ3) is 16.4. The third-order valence-electron chi connectivity index (χ3n) is 7.87. The molecule has 21 heteroatoms. The van der Waals surface area contributed by atoms with Crippen LogP contribution < -0.4 is 42.8 Å². The van der Waals surface area contributed by atoms with Crippen LogP contribution in [0.4, 0.5) is 16.2 Å². The average Bonchev–Trinajstić information content (AvgIpc) is 3.13. The summed E-state index contributed by atoms with van der Waals surface area (Å²) >= 11 is 0. The van der Waals surface area contributed by atoms with Crippen molar-refractivity contribution in [2.75, 3.05) is 38.8 Å². The van der Waals surface area contributed by atoms with Crippen LogP contribution in [-0.2, 0) is 44.7 Å². The number of anilines is 1. The van der Waals surface area contributed by atoms with Gasteiger partial charge in [-0.25, -0.2) is 4.79 Å². The van der Waals surface area contributed by atoms with Gasteiger partial charge in [-0.3, -0.25) is 38.9 Å². The van der Waals surface area contributed by atoms with Crippen LogP contribution in [-0.4, -0.2) is 109 Å². The normalized spacial score (nSPS) is 12.9. The topological polar surface area (TPSA) is 323 Å². The number of rotatable bonds is 24. The summed E-state index contributed by atoms with van der Waals surface area (Å²) in [4.78, 5) is 98.0. The van der Waals surface area contributed by atoms with Gasteiger partial charge in [0.25, 0.3) is 5.69 Å². The van der Waals surface area contributed by atoms with Gasteiger partial charge in [-0.05, 0) is 63.4 Å². The van der Waals surface area contributed by atoms with Gasteiger partial charge in [0.1, 0.15) is 36.5 Å². The second-order valence-corrected chi connectivity index (χ2v) is 12.4. The van der Waals surface area contributed by atoms with Crippen LogP contribution in [0.5, 0.6) is 5.75 Å². The lowest BCUT2D eigenvalue weighted by molar-refractivity contribution is -0.384. The molecule has 0 aliphatic carbocycles. The standard InChI is InChI=1S/C35H48N8O13/c1-20(39-33(48)26(6-4-5-13-36)41-30(45)19-55-15-14-54-3)31(46)38-21(2)32(47)42-27(18-29(37)44)34(49)40-24-9-7-22(8-10-24)16-23-17-25(43(52)53)11-12-28(23)56-35(50)51/h7-12,17,20-21,26-27H,4-6,13-16,18-19,36H2,1-3H3,(H2,37,44)(H,38,46)(H,39,48)(H,40,49)(H,41,45)(H,42,47)(H,50,51)/t20-,21-,26-,27-/m0/s1. The van der Waals surface area contributed by atoms with Crippen LogP contribution in [0.3, 0.4) is 0 Å². The Morgan fingerprint density at radius 3 is 2.07 bits per heavy atom. The van der Waals surface area contributed by atoms with Crippen LogP contribution >= 0.6 is 0 Å². The number of hydrogen-bond donors (Lipinski definition) is 8. The first-order chi connectivity index (χ1) is 26.5. The maximum Gasteiger partial charge on any atom is 0.511 e. The van der Waals surface area contributed by atoms with E-state index in [1.807, 2.05) is 0 Å². The fourth-order valence-corrected chi connectivity index (χ4v) is 4.96. The van der Waals surface area contributed by atoms with E-state index in [1.54, 1.807) is 12.1 Å². The number of unbranched alkanes of at least 4 members (excludes halogenated alkanes) is 1. The first-order valence-corrected chi connectivity index (χ1v) is 17.4. The molecule has 10 N–H and O–H groups in total. The number of primary amides is 1. The van der Waals surface area contributed by atoms with Crippen molar-refractivity contribution in [1.82, 2.24) is 21.3 Å². The summed E-state index contributed by atoms with van der Waals surface area (Å²) in [6.07, 6.45) is -0.837. The van der Waals surface area contributed by atoms with E-state index in [0.29, 0.717) is 24.9 Å². The number of amides is 6. The van der Waals surface area contributed by atoms with Crippen LogP contribution in [0.25, 0.3) is 0 Å². The molecule has 0 bridgehead atoms. The Kier molecular flexibility index (Phi) is 19.3. The van der Waals surface area contributed by atoms with Crippen molar-refractivity contribution < 1.29 is 57.8 Å². The number of benzene rings is 2. The number of nitro groups is 1. The van der Waals surface area contributed by atoms with Gasteiger partial charge in [0.2, 0.25) is 35.4 Å². The van der Waals surface area contributed by atoms with Crippen LogP contribution in [0.15, 0.2) is 42.5 Å². The minimum atomic E-state index is -1.60. The molecule has 2 aromatic rings. The molecule has 0 heterocycles. The van der Waals surface area contributed by atoms with Crippen molar-refractivity contribution >= 4 is 53.0 Å². The first kappa shape index (κ1) is 46.0. The van der Waals surface area contributed by atoms with Gasteiger partial charge in [-0.2, -0.15) is 0 Å². The largest absolute Gasteiger partial charge is 0.511 e. The van der Waals surface area contributed by atoms with Crippen molar-refractivity contribution in [3.63, 3.8) is 0 Å². The zero-order valence-electron chi connectivity index (χ0n) is 31.2. The Morgan fingerprint density at radius 1 is 0.839 bits per heavy atom. The molecule has 0 saturated heterocycles. The van der Waals surface area contributed by atoms with Gasteiger partial charge in [0.05, 0.1) is 24.6 Å².